The first-order valence-corrected chi connectivity index (χ1v) is 6.11. The zero-order chi connectivity index (χ0) is 10.9. The van der Waals surface area contributed by atoms with Crippen LogP contribution in [0.1, 0.15) is 46.0 Å². The first-order valence-electron chi connectivity index (χ1n) is 6.11. The van der Waals surface area contributed by atoms with Gasteiger partial charge in [-0.2, -0.15) is 0 Å². The molecule has 3 heteroatoms. The first kappa shape index (κ1) is 10.9. The molecule has 0 spiro atoms. The van der Waals surface area contributed by atoms with Gasteiger partial charge in [0.1, 0.15) is 0 Å². The van der Waals surface area contributed by atoms with Gasteiger partial charge in [0.25, 0.3) is 0 Å². The van der Waals surface area contributed by atoms with Gasteiger partial charge in [0, 0.05) is 6.04 Å². The van der Waals surface area contributed by atoms with Gasteiger partial charge in [0.15, 0.2) is 0 Å². The maximum absolute atomic E-state index is 11.8. The minimum Gasteiger partial charge on any atom is -0.352 e. The summed E-state index contributed by atoms with van der Waals surface area (Å²) in [6.07, 6.45) is 5.64. The summed E-state index contributed by atoms with van der Waals surface area (Å²) in [5, 5.41) is 6.41. The third kappa shape index (κ3) is 2.71. The third-order valence-corrected chi connectivity index (χ3v) is 3.69. The molecule has 0 bridgehead atoms. The third-order valence-electron chi connectivity index (χ3n) is 3.69. The molecular weight excluding hydrogens is 188 g/mol. The normalized spacial score (nSPS) is 34.3. The molecule has 0 aromatic rings. The second kappa shape index (κ2) is 4.12. The molecule has 15 heavy (non-hydrogen) atoms. The number of amides is 1. The average Bonchev–Trinajstić information content (AvgIpc) is 2.74. The summed E-state index contributed by atoms with van der Waals surface area (Å²) in [6, 6.07) is 0.489. The Morgan fingerprint density at radius 2 is 2.20 bits per heavy atom. The van der Waals surface area contributed by atoms with Crippen LogP contribution in [-0.4, -0.2) is 24.5 Å². The summed E-state index contributed by atoms with van der Waals surface area (Å²) in [4.78, 5) is 11.8. The van der Waals surface area contributed by atoms with Gasteiger partial charge in [0.05, 0.1) is 6.04 Å². The molecule has 1 saturated heterocycles. The van der Waals surface area contributed by atoms with Crippen LogP contribution in [0.25, 0.3) is 0 Å². The number of carbonyl (C=O) groups excluding carboxylic acids is 1. The van der Waals surface area contributed by atoms with E-state index in [0.29, 0.717) is 11.5 Å². The molecule has 2 atom stereocenters. The van der Waals surface area contributed by atoms with Gasteiger partial charge in [0.2, 0.25) is 5.91 Å². The fourth-order valence-corrected chi connectivity index (χ4v) is 2.77. The van der Waals surface area contributed by atoms with E-state index in [2.05, 4.69) is 24.5 Å². The van der Waals surface area contributed by atoms with E-state index in [4.69, 9.17) is 0 Å². The topological polar surface area (TPSA) is 41.1 Å². The van der Waals surface area contributed by atoms with E-state index in [-0.39, 0.29) is 11.9 Å². The number of hydrogen-bond donors (Lipinski definition) is 2. The van der Waals surface area contributed by atoms with Crippen LogP contribution in [0.3, 0.4) is 0 Å². The van der Waals surface area contributed by atoms with E-state index in [1.807, 2.05) is 0 Å². The Bertz CT molecular complexity index is 244. The van der Waals surface area contributed by atoms with E-state index in [0.717, 1.165) is 32.2 Å². The quantitative estimate of drug-likeness (QED) is 0.724. The molecule has 3 nitrogen and oxygen atoms in total. The Morgan fingerprint density at radius 1 is 1.40 bits per heavy atom. The largest absolute Gasteiger partial charge is 0.352 e. The number of carbonyl (C=O) groups is 1. The Kier molecular flexibility index (Phi) is 3.01. The Morgan fingerprint density at radius 3 is 2.73 bits per heavy atom. The average molecular weight is 210 g/mol. The molecule has 86 valence electrons. The van der Waals surface area contributed by atoms with Gasteiger partial charge in [-0.05, 0) is 44.1 Å². The maximum atomic E-state index is 11.8. The minimum absolute atomic E-state index is 0.0775. The molecule has 2 aliphatic rings. The van der Waals surface area contributed by atoms with Gasteiger partial charge in [-0.1, -0.05) is 13.8 Å². The van der Waals surface area contributed by atoms with Crippen molar-refractivity contribution in [2.24, 2.45) is 5.41 Å². The molecule has 1 aliphatic heterocycles. The van der Waals surface area contributed by atoms with E-state index in [1.165, 1.54) is 6.42 Å². The van der Waals surface area contributed by atoms with Crippen LogP contribution < -0.4 is 10.6 Å². The lowest BCUT2D eigenvalue weighted by atomic mass is 9.92. The van der Waals surface area contributed by atoms with Crippen LogP contribution in [0.2, 0.25) is 0 Å². The van der Waals surface area contributed by atoms with E-state index in [1.54, 1.807) is 0 Å². The second-order valence-electron chi connectivity index (χ2n) is 5.76. The van der Waals surface area contributed by atoms with Crippen LogP contribution in [0, 0.1) is 5.41 Å². The van der Waals surface area contributed by atoms with Crippen molar-refractivity contribution < 1.29 is 4.79 Å². The van der Waals surface area contributed by atoms with Crippen LogP contribution in [0.5, 0.6) is 0 Å². The highest BCUT2D eigenvalue weighted by atomic mass is 16.2. The molecular formula is C12H22N2O. The fourth-order valence-electron chi connectivity index (χ4n) is 2.77. The van der Waals surface area contributed by atoms with Gasteiger partial charge in [-0.25, -0.2) is 0 Å². The van der Waals surface area contributed by atoms with Crippen LogP contribution in [0.15, 0.2) is 0 Å². The van der Waals surface area contributed by atoms with Crippen LogP contribution >= 0.6 is 0 Å². The summed E-state index contributed by atoms with van der Waals surface area (Å²) in [5.74, 6) is 0.218. The molecule has 1 amide bonds. The SMILES string of the molecule is CC1(C)CCC(NC(=O)C2CCCN2)C1. The molecule has 2 rings (SSSR count). The number of hydrogen-bond acceptors (Lipinski definition) is 2. The van der Waals surface area contributed by atoms with Crippen molar-refractivity contribution >= 4 is 5.91 Å². The minimum atomic E-state index is 0.0775. The molecule has 1 saturated carbocycles. The first-order chi connectivity index (χ1) is 7.07. The molecule has 0 aromatic carbocycles. The zero-order valence-electron chi connectivity index (χ0n) is 9.81. The lowest BCUT2D eigenvalue weighted by molar-refractivity contribution is -0.123. The molecule has 1 aliphatic carbocycles. The Labute approximate surface area is 92.0 Å². The van der Waals surface area contributed by atoms with Gasteiger partial charge < -0.3 is 10.6 Å². The molecule has 0 radical (unpaired) electrons. The Hall–Kier alpha value is -0.570. The van der Waals surface area contributed by atoms with Crippen LogP contribution in [-0.2, 0) is 4.79 Å². The number of rotatable bonds is 2. The van der Waals surface area contributed by atoms with Crippen molar-refractivity contribution in [1.29, 1.82) is 0 Å². The zero-order valence-corrected chi connectivity index (χ0v) is 9.81. The van der Waals surface area contributed by atoms with E-state index >= 15 is 0 Å². The van der Waals surface area contributed by atoms with Crippen molar-refractivity contribution in [1.82, 2.24) is 10.6 Å². The van der Waals surface area contributed by atoms with Gasteiger partial charge in [-0.15, -0.1) is 0 Å². The maximum Gasteiger partial charge on any atom is 0.237 e. The highest BCUT2D eigenvalue weighted by Gasteiger charge is 2.33. The van der Waals surface area contributed by atoms with Gasteiger partial charge >= 0.3 is 0 Å². The van der Waals surface area contributed by atoms with Crippen molar-refractivity contribution in [2.75, 3.05) is 6.54 Å². The highest BCUT2D eigenvalue weighted by molar-refractivity contribution is 5.82. The summed E-state index contributed by atoms with van der Waals surface area (Å²) < 4.78 is 0. The molecule has 2 fully saturated rings. The standard InChI is InChI=1S/C12H22N2O/c1-12(2)6-5-9(8-12)14-11(15)10-4-3-7-13-10/h9-10,13H,3-8H2,1-2H3,(H,14,15). The highest BCUT2D eigenvalue weighted by Crippen LogP contribution is 2.36. The van der Waals surface area contributed by atoms with E-state index in [9.17, 15) is 4.79 Å². The lowest BCUT2D eigenvalue weighted by Crippen LogP contribution is -2.44. The smallest absolute Gasteiger partial charge is 0.237 e. The van der Waals surface area contributed by atoms with Crippen molar-refractivity contribution in [3.05, 3.63) is 0 Å². The van der Waals surface area contributed by atoms with Crippen molar-refractivity contribution in [3.8, 4) is 0 Å². The van der Waals surface area contributed by atoms with Crippen molar-refractivity contribution in [2.45, 2.75) is 58.0 Å². The second-order valence-corrected chi connectivity index (χ2v) is 5.76. The molecule has 1 heterocycles. The monoisotopic (exact) mass is 210 g/mol. The summed E-state index contributed by atoms with van der Waals surface area (Å²) in [5.41, 5.74) is 0.418. The van der Waals surface area contributed by atoms with Gasteiger partial charge in [-0.3, -0.25) is 4.79 Å². The number of nitrogens with one attached hydrogen (secondary N) is 2. The lowest BCUT2D eigenvalue weighted by Gasteiger charge is -2.19. The van der Waals surface area contributed by atoms with E-state index < -0.39 is 0 Å². The molecule has 2 unspecified atom stereocenters. The fraction of sp³-hybridized carbons (Fsp3) is 0.917. The predicted molar refractivity (Wildman–Crippen MR) is 60.6 cm³/mol. The predicted octanol–water partition coefficient (Wildman–Crippen LogP) is 1.43. The summed E-state index contributed by atoms with van der Waals surface area (Å²) >= 11 is 0. The Balaban J connectivity index is 1.79. The molecule has 2 N–H and O–H groups in total. The van der Waals surface area contributed by atoms with Crippen LogP contribution in [0.4, 0.5) is 0 Å². The summed E-state index contributed by atoms with van der Waals surface area (Å²) in [6.45, 7) is 5.56. The van der Waals surface area contributed by atoms with Crippen molar-refractivity contribution in [3.63, 3.8) is 0 Å². The summed E-state index contributed by atoms with van der Waals surface area (Å²) in [7, 11) is 0. The molecule has 0 aromatic heterocycles.